The second kappa shape index (κ2) is 6.40. The molecule has 0 radical (unpaired) electrons. The fourth-order valence-electron chi connectivity index (χ4n) is 2.07. The number of rotatable bonds is 5. The number of nitrogens with zero attached hydrogens (tertiary/aromatic N) is 1. The number of H-pyrrole nitrogens is 1. The van der Waals surface area contributed by atoms with Crippen molar-refractivity contribution in [1.29, 1.82) is 0 Å². The Morgan fingerprint density at radius 1 is 1.29 bits per heavy atom. The van der Waals surface area contributed by atoms with Gasteiger partial charge in [-0.15, -0.1) is 0 Å². The molecule has 24 heavy (non-hydrogen) atoms. The average molecular weight is 353 g/mol. The van der Waals surface area contributed by atoms with Crippen LogP contribution in [-0.2, 0) is 14.8 Å². The van der Waals surface area contributed by atoms with Gasteiger partial charge in [-0.25, -0.2) is 4.79 Å². The maximum atomic E-state index is 12.4. The molecule has 0 spiro atoms. The Labute approximate surface area is 138 Å². The van der Waals surface area contributed by atoms with Gasteiger partial charge in [0, 0.05) is 12.1 Å². The molecule has 0 fully saturated rings. The van der Waals surface area contributed by atoms with Gasteiger partial charge in [0.25, 0.3) is 10.0 Å². The van der Waals surface area contributed by atoms with Crippen molar-refractivity contribution in [2.75, 3.05) is 24.5 Å². The van der Waals surface area contributed by atoms with Crippen molar-refractivity contribution < 1.29 is 27.4 Å². The number of ether oxygens (including phenoxy) is 3. The lowest BCUT2D eigenvalue weighted by Gasteiger charge is -2.19. The van der Waals surface area contributed by atoms with Gasteiger partial charge in [0.1, 0.15) is 13.2 Å². The summed E-state index contributed by atoms with van der Waals surface area (Å²) in [6.45, 7) is 2.66. The van der Waals surface area contributed by atoms with E-state index in [0.717, 1.165) is 6.07 Å². The summed E-state index contributed by atoms with van der Waals surface area (Å²) in [4.78, 5) is 11.6. The van der Waals surface area contributed by atoms with Crippen LogP contribution in [0.5, 0.6) is 11.5 Å². The minimum absolute atomic E-state index is 0.112. The molecule has 0 amide bonds. The van der Waals surface area contributed by atoms with Crippen molar-refractivity contribution in [3.63, 3.8) is 0 Å². The highest BCUT2D eigenvalue weighted by Gasteiger charge is 2.22. The molecule has 1 aliphatic heterocycles. The first-order chi connectivity index (χ1) is 11.5. The highest BCUT2D eigenvalue weighted by atomic mass is 32.2. The van der Waals surface area contributed by atoms with Gasteiger partial charge in [0.2, 0.25) is 0 Å². The molecule has 1 aliphatic rings. The lowest BCUT2D eigenvalue weighted by atomic mass is 10.3. The monoisotopic (exact) mass is 353 g/mol. The molecule has 0 saturated carbocycles. The molecule has 0 bridgehead atoms. The third-order valence-corrected chi connectivity index (χ3v) is 4.42. The number of nitrogens with one attached hydrogen (secondary N) is 2. The largest absolute Gasteiger partial charge is 0.486 e. The third-order valence-electron chi connectivity index (χ3n) is 3.12. The molecule has 2 heterocycles. The molecular weight excluding hydrogens is 338 g/mol. The van der Waals surface area contributed by atoms with Crippen molar-refractivity contribution in [2.24, 2.45) is 0 Å². The summed E-state index contributed by atoms with van der Waals surface area (Å²) >= 11 is 0. The predicted octanol–water partition coefficient (Wildman–Crippen LogP) is 1.16. The Morgan fingerprint density at radius 3 is 2.79 bits per heavy atom. The van der Waals surface area contributed by atoms with E-state index < -0.39 is 16.0 Å². The van der Waals surface area contributed by atoms with Gasteiger partial charge < -0.3 is 14.2 Å². The molecular formula is C14H15N3O6S. The van der Waals surface area contributed by atoms with E-state index in [9.17, 15) is 13.2 Å². The number of carbonyl (C=O) groups excluding carboxylic acids is 1. The molecule has 3 rings (SSSR count). The lowest BCUT2D eigenvalue weighted by molar-refractivity contribution is 0.0519. The quantitative estimate of drug-likeness (QED) is 0.774. The molecule has 0 atom stereocenters. The zero-order valence-corrected chi connectivity index (χ0v) is 13.6. The summed E-state index contributed by atoms with van der Waals surface area (Å²) in [6, 6.07) is 5.80. The van der Waals surface area contributed by atoms with Crippen LogP contribution in [0.1, 0.15) is 17.4 Å². The molecule has 0 unspecified atom stereocenters. The number of sulfonamides is 1. The van der Waals surface area contributed by atoms with Crippen molar-refractivity contribution in [1.82, 2.24) is 10.2 Å². The van der Waals surface area contributed by atoms with Crippen LogP contribution in [0.3, 0.4) is 0 Å². The lowest BCUT2D eigenvalue weighted by Crippen LogP contribution is -2.17. The number of aromatic nitrogens is 2. The maximum absolute atomic E-state index is 12.4. The van der Waals surface area contributed by atoms with Gasteiger partial charge >= 0.3 is 5.97 Å². The first kappa shape index (κ1) is 16.1. The molecule has 2 N–H and O–H groups in total. The Bertz CT molecular complexity index is 861. The highest BCUT2D eigenvalue weighted by Crippen LogP contribution is 2.33. The van der Waals surface area contributed by atoms with Crippen LogP contribution in [0.2, 0.25) is 0 Å². The van der Waals surface area contributed by atoms with E-state index in [2.05, 4.69) is 14.9 Å². The van der Waals surface area contributed by atoms with E-state index in [1.807, 2.05) is 0 Å². The molecule has 1 aromatic carbocycles. The van der Waals surface area contributed by atoms with Gasteiger partial charge in [-0.1, -0.05) is 0 Å². The zero-order chi connectivity index (χ0) is 17.2. The minimum atomic E-state index is -3.94. The highest BCUT2D eigenvalue weighted by molar-refractivity contribution is 7.92. The number of anilines is 1. The van der Waals surface area contributed by atoms with Crippen LogP contribution in [-0.4, -0.2) is 44.4 Å². The number of hydrogen-bond donors (Lipinski definition) is 2. The van der Waals surface area contributed by atoms with E-state index in [0.29, 0.717) is 30.4 Å². The third kappa shape index (κ3) is 3.27. The van der Waals surface area contributed by atoms with Gasteiger partial charge in [-0.3, -0.25) is 9.82 Å². The molecule has 1 aromatic heterocycles. The number of carbonyl (C=O) groups is 1. The zero-order valence-electron chi connectivity index (χ0n) is 12.7. The molecule has 0 aliphatic carbocycles. The van der Waals surface area contributed by atoms with Crippen LogP contribution >= 0.6 is 0 Å². The summed E-state index contributed by atoms with van der Waals surface area (Å²) in [7, 11) is -3.94. The summed E-state index contributed by atoms with van der Waals surface area (Å²) < 4.78 is 42.6. The number of esters is 1. The summed E-state index contributed by atoms with van der Waals surface area (Å²) in [5.74, 6) is 0.308. The molecule has 10 heteroatoms. The van der Waals surface area contributed by atoms with Crippen molar-refractivity contribution >= 4 is 21.7 Å². The number of benzene rings is 1. The predicted molar refractivity (Wildman–Crippen MR) is 82.8 cm³/mol. The number of aromatic amines is 1. The Hall–Kier alpha value is -2.75. The fourth-order valence-corrected chi connectivity index (χ4v) is 3.05. The van der Waals surface area contributed by atoms with Gasteiger partial charge in [-0.05, 0) is 19.1 Å². The smallest absolute Gasteiger partial charge is 0.358 e. The second-order valence-electron chi connectivity index (χ2n) is 4.80. The van der Waals surface area contributed by atoms with Crippen LogP contribution in [0, 0.1) is 0 Å². The summed E-state index contributed by atoms with van der Waals surface area (Å²) in [5, 5.41) is 5.71. The topological polar surface area (TPSA) is 120 Å². The number of fused-ring (bicyclic) bond motifs is 1. The first-order valence-corrected chi connectivity index (χ1v) is 8.63. The minimum Gasteiger partial charge on any atom is -0.486 e. The van der Waals surface area contributed by atoms with Crippen LogP contribution in [0.15, 0.2) is 29.3 Å². The van der Waals surface area contributed by atoms with Gasteiger partial charge in [0.05, 0.1) is 12.3 Å². The second-order valence-corrected chi connectivity index (χ2v) is 6.45. The summed E-state index contributed by atoms with van der Waals surface area (Å²) in [6.07, 6.45) is 0. The van der Waals surface area contributed by atoms with Crippen molar-refractivity contribution in [3.05, 3.63) is 30.0 Å². The SMILES string of the molecule is CCOC(=O)c1cc(S(=O)(=O)Nc2ccc3c(c2)OCCO3)[nH]n1. The van der Waals surface area contributed by atoms with Crippen LogP contribution < -0.4 is 14.2 Å². The molecule has 2 aromatic rings. The van der Waals surface area contributed by atoms with Gasteiger partial charge in [0.15, 0.2) is 22.2 Å². The van der Waals surface area contributed by atoms with Gasteiger partial charge in [-0.2, -0.15) is 13.5 Å². The number of hydrogen-bond acceptors (Lipinski definition) is 7. The van der Waals surface area contributed by atoms with Crippen LogP contribution in [0.25, 0.3) is 0 Å². The van der Waals surface area contributed by atoms with Crippen LogP contribution in [0.4, 0.5) is 5.69 Å². The summed E-state index contributed by atoms with van der Waals surface area (Å²) in [5.41, 5.74) is 0.186. The van der Waals surface area contributed by atoms with Crippen molar-refractivity contribution in [3.8, 4) is 11.5 Å². The normalized spacial score (nSPS) is 13.4. The van der Waals surface area contributed by atoms with Crippen molar-refractivity contribution in [2.45, 2.75) is 11.9 Å². The first-order valence-electron chi connectivity index (χ1n) is 7.14. The Morgan fingerprint density at radius 2 is 2.04 bits per heavy atom. The maximum Gasteiger partial charge on any atom is 0.358 e. The Balaban J connectivity index is 1.80. The standard InChI is InChI=1S/C14H15N3O6S/c1-2-21-14(18)10-8-13(16-15-10)24(19,20)17-9-3-4-11-12(7-9)23-6-5-22-11/h3-4,7-8,17H,2,5-6H2,1H3,(H,15,16). The van der Waals surface area contributed by atoms with E-state index in [4.69, 9.17) is 14.2 Å². The molecule has 128 valence electrons. The van der Waals surface area contributed by atoms with E-state index in [1.54, 1.807) is 19.1 Å². The Kier molecular flexibility index (Phi) is 4.30. The van der Waals surface area contributed by atoms with E-state index >= 15 is 0 Å². The van der Waals surface area contributed by atoms with E-state index in [1.165, 1.54) is 6.07 Å². The fraction of sp³-hybridized carbons (Fsp3) is 0.286. The molecule has 9 nitrogen and oxygen atoms in total. The average Bonchev–Trinajstić information content (AvgIpc) is 3.06. The molecule has 0 saturated heterocycles. The van der Waals surface area contributed by atoms with E-state index in [-0.39, 0.29) is 17.3 Å².